The van der Waals surface area contributed by atoms with Crippen molar-refractivity contribution in [3.05, 3.63) is 5.82 Å². The van der Waals surface area contributed by atoms with Crippen LogP contribution in [0.15, 0.2) is 5.16 Å². The minimum absolute atomic E-state index is 0.00291. The number of carboxylic acids is 1. The molecule has 1 aromatic heterocycles. The Balaban J connectivity index is 2.85. The highest BCUT2D eigenvalue weighted by Gasteiger charge is 2.22. The monoisotopic (exact) mass is 345 g/mol. The second-order valence-corrected chi connectivity index (χ2v) is 5.68. The van der Waals surface area contributed by atoms with Crippen LogP contribution in [0, 0.1) is 0 Å². The number of hydrogen-bond acceptors (Lipinski definition) is 9. The molecule has 0 aliphatic heterocycles. The van der Waals surface area contributed by atoms with Crippen LogP contribution >= 0.6 is 11.5 Å². The smallest absolute Gasteiger partial charge is 0.433 e. The van der Waals surface area contributed by atoms with E-state index in [0.717, 1.165) is 0 Å². The Kier molecular flexibility index (Phi) is 5.95. The van der Waals surface area contributed by atoms with E-state index < -0.39 is 29.5 Å². The van der Waals surface area contributed by atoms with Crippen molar-refractivity contribution in [3.8, 4) is 0 Å². The number of oxime groups is 1. The number of carboxylic acid groups (broad SMARTS) is 1. The van der Waals surface area contributed by atoms with Crippen molar-refractivity contribution < 1.29 is 29.1 Å². The number of carbonyl (C=O) groups is 3. The summed E-state index contributed by atoms with van der Waals surface area (Å²) in [6, 6.07) is 0. The van der Waals surface area contributed by atoms with Gasteiger partial charge in [0.1, 0.15) is 5.60 Å². The minimum atomic E-state index is -1.50. The summed E-state index contributed by atoms with van der Waals surface area (Å²) in [5, 5.41) is 16.6. The number of nitrogens with zero attached hydrogens (tertiary/aromatic N) is 3. The van der Waals surface area contributed by atoms with Crippen molar-refractivity contribution in [1.29, 1.82) is 0 Å². The number of nitrogens with one attached hydrogen (secondary N) is 2. The maximum absolute atomic E-state index is 11.6. The molecule has 1 aromatic rings. The van der Waals surface area contributed by atoms with Crippen LogP contribution in [-0.2, 0) is 14.4 Å². The Hall–Kier alpha value is -2.76. The van der Waals surface area contributed by atoms with Crippen molar-refractivity contribution in [2.75, 3.05) is 12.4 Å². The van der Waals surface area contributed by atoms with E-state index >= 15 is 0 Å². The first-order valence-electron chi connectivity index (χ1n) is 6.16. The zero-order valence-corrected chi connectivity index (χ0v) is 13.6. The average Bonchev–Trinajstić information content (AvgIpc) is 2.84. The lowest BCUT2D eigenvalue weighted by Gasteiger charge is -2.18. The van der Waals surface area contributed by atoms with Gasteiger partial charge in [0.05, 0.1) is 0 Å². The van der Waals surface area contributed by atoms with Gasteiger partial charge in [-0.25, -0.2) is 14.4 Å². The molecule has 0 spiro atoms. The molecular formula is C11H15N5O6S. The maximum atomic E-state index is 11.6. The highest BCUT2D eigenvalue weighted by Crippen LogP contribution is 2.14. The maximum Gasteiger partial charge on any atom is 0.433 e. The number of amides is 2. The van der Waals surface area contributed by atoms with Crippen LogP contribution in [0.4, 0.5) is 14.7 Å². The fraction of sp³-hybridized carbons (Fsp3) is 0.455. The van der Waals surface area contributed by atoms with Crippen LogP contribution in [0.5, 0.6) is 0 Å². The average molecular weight is 345 g/mol. The van der Waals surface area contributed by atoms with Crippen LogP contribution in [0.25, 0.3) is 0 Å². The van der Waals surface area contributed by atoms with Crippen LogP contribution in [0.1, 0.15) is 26.6 Å². The molecule has 1 rings (SSSR count). The molecule has 2 amide bonds. The normalized spacial score (nSPS) is 11.6. The molecule has 23 heavy (non-hydrogen) atoms. The van der Waals surface area contributed by atoms with E-state index in [1.165, 1.54) is 7.05 Å². The molecular weight excluding hydrogens is 330 g/mol. The van der Waals surface area contributed by atoms with E-state index in [0.29, 0.717) is 11.5 Å². The molecule has 0 fully saturated rings. The van der Waals surface area contributed by atoms with Gasteiger partial charge in [0.25, 0.3) is 0 Å². The molecule has 0 atom stereocenters. The summed E-state index contributed by atoms with van der Waals surface area (Å²) in [5.74, 6) is -1.83. The first-order chi connectivity index (χ1) is 10.6. The summed E-state index contributed by atoms with van der Waals surface area (Å²) in [4.78, 5) is 41.6. The second-order valence-electron chi connectivity index (χ2n) is 4.92. The van der Waals surface area contributed by atoms with Gasteiger partial charge in [0.15, 0.2) is 0 Å². The van der Waals surface area contributed by atoms with Crippen LogP contribution in [0.2, 0.25) is 0 Å². The number of aromatic nitrogens is 2. The fourth-order valence-electron chi connectivity index (χ4n) is 1.07. The van der Waals surface area contributed by atoms with Gasteiger partial charge < -0.3 is 15.2 Å². The zero-order chi connectivity index (χ0) is 17.6. The summed E-state index contributed by atoms with van der Waals surface area (Å²) in [6.45, 7) is 5.05. The lowest BCUT2D eigenvalue weighted by atomic mass is 10.2. The first kappa shape index (κ1) is 18.3. The van der Waals surface area contributed by atoms with Crippen molar-refractivity contribution in [2.45, 2.75) is 26.4 Å². The number of hydrogen-bond donors (Lipinski definition) is 3. The highest BCUT2D eigenvalue weighted by molar-refractivity contribution is 7.10. The van der Waals surface area contributed by atoms with Crippen molar-refractivity contribution in [1.82, 2.24) is 14.7 Å². The van der Waals surface area contributed by atoms with Gasteiger partial charge in [0.2, 0.25) is 16.7 Å². The molecule has 0 unspecified atom stereocenters. The van der Waals surface area contributed by atoms with Crippen molar-refractivity contribution in [3.63, 3.8) is 0 Å². The standard InChI is InChI=1S/C11H15N5O6S/c1-11(2,3)21-10(20)14-8-13-6(16-23-8)5(7(17)18)15-22-9(19)12-4/h1-4H3,(H,12,19)(H,17,18)(H,13,14,16,20)/b15-5-. The van der Waals surface area contributed by atoms with E-state index in [1.807, 2.05) is 0 Å². The van der Waals surface area contributed by atoms with Crippen molar-refractivity contribution in [2.24, 2.45) is 5.16 Å². The molecule has 0 saturated heterocycles. The molecule has 11 nitrogen and oxygen atoms in total. The SMILES string of the molecule is CNC(=O)O/N=C(\C(=O)O)c1nsc(NC(=O)OC(C)(C)C)n1. The van der Waals surface area contributed by atoms with Gasteiger partial charge in [-0.1, -0.05) is 5.16 Å². The number of ether oxygens (including phenoxy) is 1. The Morgan fingerprint density at radius 3 is 2.43 bits per heavy atom. The molecule has 0 bridgehead atoms. The first-order valence-corrected chi connectivity index (χ1v) is 6.94. The Morgan fingerprint density at radius 2 is 1.91 bits per heavy atom. The van der Waals surface area contributed by atoms with Crippen LogP contribution in [0.3, 0.4) is 0 Å². The molecule has 0 aliphatic carbocycles. The molecule has 0 aromatic carbocycles. The molecule has 12 heteroatoms. The Morgan fingerprint density at radius 1 is 1.26 bits per heavy atom. The quantitative estimate of drug-likeness (QED) is 0.415. The summed E-state index contributed by atoms with van der Waals surface area (Å²) >= 11 is 0.716. The largest absolute Gasteiger partial charge is 0.476 e. The highest BCUT2D eigenvalue weighted by atomic mass is 32.1. The number of anilines is 1. The summed E-state index contributed by atoms with van der Waals surface area (Å²) in [7, 11) is 1.28. The van der Waals surface area contributed by atoms with Gasteiger partial charge in [-0.2, -0.15) is 9.36 Å². The minimum Gasteiger partial charge on any atom is -0.476 e. The fourth-order valence-corrected chi connectivity index (χ4v) is 1.63. The molecule has 0 saturated carbocycles. The van der Waals surface area contributed by atoms with Crippen LogP contribution in [-0.4, -0.2) is 51.0 Å². The summed E-state index contributed by atoms with van der Waals surface area (Å²) < 4.78 is 8.75. The topological polar surface area (TPSA) is 152 Å². The van der Waals surface area contributed by atoms with E-state index in [1.54, 1.807) is 20.8 Å². The van der Waals surface area contributed by atoms with Gasteiger partial charge >= 0.3 is 18.2 Å². The molecule has 0 aliphatic rings. The van der Waals surface area contributed by atoms with E-state index in [9.17, 15) is 14.4 Å². The number of rotatable bonds is 4. The lowest BCUT2D eigenvalue weighted by Crippen LogP contribution is -2.27. The molecule has 126 valence electrons. The zero-order valence-electron chi connectivity index (χ0n) is 12.7. The summed E-state index contributed by atoms with van der Waals surface area (Å²) in [5.41, 5.74) is -1.39. The van der Waals surface area contributed by atoms with Gasteiger partial charge in [0, 0.05) is 18.6 Å². The molecule has 0 radical (unpaired) electrons. The lowest BCUT2D eigenvalue weighted by molar-refractivity contribution is -0.129. The number of carbonyl (C=O) groups excluding carboxylic acids is 2. The third-order valence-corrected chi connectivity index (χ3v) is 2.50. The predicted octanol–water partition coefficient (Wildman–Crippen LogP) is 1.03. The third kappa shape index (κ3) is 6.25. The second kappa shape index (κ2) is 7.49. The van der Waals surface area contributed by atoms with E-state index in [2.05, 4.69) is 30.0 Å². The van der Waals surface area contributed by atoms with Gasteiger partial charge in [-0.05, 0) is 20.8 Å². The Labute approximate surface area is 134 Å². The predicted molar refractivity (Wildman–Crippen MR) is 79.5 cm³/mol. The van der Waals surface area contributed by atoms with Crippen molar-refractivity contribution >= 4 is 40.5 Å². The van der Waals surface area contributed by atoms with Gasteiger partial charge in [-0.15, -0.1) is 0 Å². The van der Waals surface area contributed by atoms with Crippen LogP contribution < -0.4 is 10.6 Å². The summed E-state index contributed by atoms with van der Waals surface area (Å²) in [6.07, 6.45) is -1.72. The number of aliphatic carboxylic acids is 1. The molecule has 1 heterocycles. The third-order valence-electron chi connectivity index (χ3n) is 1.87. The van der Waals surface area contributed by atoms with E-state index in [-0.39, 0.29) is 11.0 Å². The molecule has 3 N–H and O–H groups in total. The Bertz CT molecular complexity index is 635. The van der Waals surface area contributed by atoms with Gasteiger partial charge in [-0.3, -0.25) is 10.2 Å². The van der Waals surface area contributed by atoms with E-state index in [4.69, 9.17) is 9.84 Å².